The zero-order valence-corrected chi connectivity index (χ0v) is 13.7. The van der Waals surface area contributed by atoms with Crippen LogP contribution in [0.1, 0.15) is 17.3 Å². The standard InChI is InChI=1S/C21H16N2O2/c1-14-19(21(25)23(22-14)16-10-3-2-4-11-16)20(24)18-13-7-9-15-8-5-6-12-17(15)18/h2-13,19H,1H3/t19-/m1/s1. The minimum absolute atomic E-state index is 0.207. The molecule has 0 fully saturated rings. The zero-order chi connectivity index (χ0) is 17.4. The fourth-order valence-electron chi connectivity index (χ4n) is 3.22. The molecule has 0 aromatic heterocycles. The molecule has 3 aromatic carbocycles. The number of fused-ring (bicyclic) bond motifs is 1. The Balaban J connectivity index is 1.74. The van der Waals surface area contributed by atoms with Crippen LogP contribution in [0.3, 0.4) is 0 Å². The van der Waals surface area contributed by atoms with Crippen LogP contribution < -0.4 is 5.01 Å². The Hall–Kier alpha value is -3.27. The summed E-state index contributed by atoms with van der Waals surface area (Å²) in [5, 5.41) is 7.49. The molecule has 1 aliphatic rings. The van der Waals surface area contributed by atoms with Gasteiger partial charge < -0.3 is 0 Å². The molecule has 0 bridgehead atoms. The lowest BCUT2D eigenvalue weighted by atomic mass is 9.90. The van der Waals surface area contributed by atoms with Gasteiger partial charge in [0.05, 0.1) is 11.4 Å². The first-order chi connectivity index (χ1) is 12.2. The molecule has 1 atom stereocenters. The summed E-state index contributed by atoms with van der Waals surface area (Å²) in [7, 11) is 0. The molecule has 0 spiro atoms. The third kappa shape index (κ3) is 2.52. The molecule has 0 saturated heterocycles. The lowest BCUT2D eigenvalue weighted by Crippen LogP contribution is -2.32. The number of Topliss-reactive ketones (excluding diaryl/α,β-unsaturated/α-hetero) is 1. The molecule has 1 amide bonds. The Morgan fingerprint density at radius 1 is 0.920 bits per heavy atom. The van der Waals surface area contributed by atoms with Crippen LogP contribution in [-0.4, -0.2) is 17.4 Å². The van der Waals surface area contributed by atoms with Crippen LogP contribution in [0.4, 0.5) is 5.69 Å². The number of benzene rings is 3. The van der Waals surface area contributed by atoms with Gasteiger partial charge in [-0.05, 0) is 29.8 Å². The third-order valence-corrected chi connectivity index (χ3v) is 4.45. The molecule has 0 saturated carbocycles. The second-order valence-electron chi connectivity index (χ2n) is 6.05. The summed E-state index contributed by atoms with van der Waals surface area (Å²) >= 11 is 0. The quantitative estimate of drug-likeness (QED) is 0.538. The minimum atomic E-state index is -0.869. The summed E-state index contributed by atoms with van der Waals surface area (Å²) in [4.78, 5) is 26.0. The summed E-state index contributed by atoms with van der Waals surface area (Å²) in [5.41, 5.74) is 1.74. The van der Waals surface area contributed by atoms with E-state index in [0.29, 0.717) is 17.0 Å². The summed E-state index contributed by atoms with van der Waals surface area (Å²) in [6, 6.07) is 22.4. The van der Waals surface area contributed by atoms with E-state index in [9.17, 15) is 9.59 Å². The van der Waals surface area contributed by atoms with Crippen LogP contribution in [0.25, 0.3) is 10.8 Å². The fourth-order valence-corrected chi connectivity index (χ4v) is 3.22. The third-order valence-electron chi connectivity index (χ3n) is 4.45. The van der Waals surface area contributed by atoms with Gasteiger partial charge in [-0.2, -0.15) is 10.1 Å². The van der Waals surface area contributed by atoms with Crippen LogP contribution in [0.15, 0.2) is 77.9 Å². The normalized spacial score (nSPS) is 17.0. The maximum absolute atomic E-state index is 13.1. The molecule has 0 N–H and O–H groups in total. The number of hydrogen-bond donors (Lipinski definition) is 0. The van der Waals surface area contributed by atoms with Gasteiger partial charge in [0.1, 0.15) is 5.92 Å². The zero-order valence-electron chi connectivity index (χ0n) is 13.7. The van der Waals surface area contributed by atoms with E-state index < -0.39 is 5.92 Å². The highest BCUT2D eigenvalue weighted by Gasteiger charge is 2.40. The lowest BCUT2D eigenvalue weighted by Gasteiger charge is -2.14. The van der Waals surface area contributed by atoms with Crippen LogP contribution in [0.2, 0.25) is 0 Å². The minimum Gasteiger partial charge on any atom is -0.293 e. The Morgan fingerprint density at radius 2 is 1.60 bits per heavy atom. The molecule has 0 radical (unpaired) electrons. The van der Waals surface area contributed by atoms with Gasteiger partial charge in [-0.3, -0.25) is 9.59 Å². The molecular formula is C21H16N2O2. The maximum Gasteiger partial charge on any atom is 0.264 e. The Kier molecular flexibility index (Phi) is 3.65. The number of anilines is 1. The van der Waals surface area contributed by atoms with Crippen molar-refractivity contribution < 1.29 is 9.59 Å². The summed E-state index contributed by atoms with van der Waals surface area (Å²) in [6.07, 6.45) is 0. The van der Waals surface area contributed by atoms with E-state index in [1.165, 1.54) is 5.01 Å². The van der Waals surface area contributed by atoms with Gasteiger partial charge in [0.2, 0.25) is 0 Å². The number of hydrazone groups is 1. The Labute approximate surface area is 145 Å². The number of nitrogens with zero attached hydrogens (tertiary/aromatic N) is 2. The average Bonchev–Trinajstić information content (AvgIpc) is 2.96. The van der Waals surface area contributed by atoms with Gasteiger partial charge in [0.15, 0.2) is 5.78 Å². The predicted octanol–water partition coefficient (Wildman–Crippen LogP) is 4.06. The number of carbonyl (C=O) groups excluding carboxylic acids is 2. The van der Waals surface area contributed by atoms with Gasteiger partial charge in [-0.25, -0.2) is 0 Å². The molecule has 4 rings (SSSR count). The summed E-state index contributed by atoms with van der Waals surface area (Å²) in [6.45, 7) is 1.73. The summed E-state index contributed by atoms with van der Waals surface area (Å²) in [5.74, 6) is -1.38. The highest BCUT2D eigenvalue weighted by molar-refractivity contribution is 6.32. The van der Waals surface area contributed by atoms with Crippen molar-refractivity contribution in [3.63, 3.8) is 0 Å². The van der Waals surface area contributed by atoms with Crippen LogP contribution in [0, 0.1) is 5.92 Å². The largest absolute Gasteiger partial charge is 0.293 e. The van der Waals surface area contributed by atoms with E-state index in [0.717, 1.165) is 10.8 Å². The maximum atomic E-state index is 13.1. The van der Waals surface area contributed by atoms with Crippen LogP contribution >= 0.6 is 0 Å². The predicted molar refractivity (Wildman–Crippen MR) is 98.8 cm³/mol. The second kappa shape index (κ2) is 5.98. The smallest absolute Gasteiger partial charge is 0.264 e. The van der Waals surface area contributed by atoms with Crippen molar-refractivity contribution >= 4 is 33.9 Å². The van der Waals surface area contributed by atoms with E-state index >= 15 is 0 Å². The topological polar surface area (TPSA) is 49.7 Å². The Morgan fingerprint density at radius 3 is 2.40 bits per heavy atom. The first-order valence-corrected chi connectivity index (χ1v) is 8.13. The van der Waals surface area contributed by atoms with Crippen LogP contribution in [-0.2, 0) is 4.79 Å². The second-order valence-corrected chi connectivity index (χ2v) is 6.05. The first-order valence-electron chi connectivity index (χ1n) is 8.13. The monoisotopic (exact) mass is 328 g/mol. The first kappa shape index (κ1) is 15.3. The molecule has 25 heavy (non-hydrogen) atoms. The number of hydrogen-bond acceptors (Lipinski definition) is 3. The van der Waals surface area contributed by atoms with Crippen LogP contribution in [0.5, 0.6) is 0 Å². The molecule has 0 unspecified atom stereocenters. The van der Waals surface area contributed by atoms with Crippen molar-refractivity contribution in [3.05, 3.63) is 78.4 Å². The van der Waals surface area contributed by atoms with Gasteiger partial charge in [0.25, 0.3) is 5.91 Å². The highest BCUT2D eigenvalue weighted by atomic mass is 16.2. The molecular weight excluding hydrogens is 312 g/mol. The number of para-hydroxylation sites is 1. The van der Waals surface area contributed by atoms with Crippen molar-refractivity contribution in [2.24, 2.45) is 11.0 Å². The lowest BCUT2D eigenvalue weighted by molar-refractivity contribution is -0.118. The Bertz CT molecular complexity index is 1000. The van der Waals surface area contributed by atoms with E-state index in [1.54, 1.807) is 25.1 Å². The molecule has 0 aliphatic carbocycles. The fraction of sp³-hybridized carbons (Fsp3) is 0.0952. The molecule has 1 heterocycles. The van der Waals surface area contributed by atoms with Crippen molar-refractivity contribution in [2.75, 3.05) is 5.01 Å². The van der Waals surface area contributed by atoms with Gasteiger partial charge in [0, 0.05) is 5.56 Å². The SMILES string of the molecule is CC1=NN(c2ccccc2)C(=O)[C@H]1C(=O)c1cccc2ccccc12. The molecule has 1 aliphatic heterocycles. The number of carbonyl (C=O) groups is 2. The molecule has 4 nitrogen and oxygen atoms in total. The van der Waals surface area contributed by atoms with Gasteiger partial charge in [-0.1, -0.05) is 60.7 Å². The molecule has 4 heteroatoms. The molecule has 122 valence electrons. The van der Waals surface area contributed by atoms with Crippen molar-refractivity contribution in [3.8, 4) is 0 Å². The van der Waals surface area contributed by atoms with E-state index in [2.05, 4.69) is 5.10 Å². The van der Waals surface area contributed by atoms with Crippen molar-refractivity contribution in [1.82, 2.24) is 0 Å². The average molecular weight is 328 g/mol. The van der Waals surface area contributed by atoms with Crippen molar-refractivity contribution in [1.29, 1.82) is 0 Å². The van der Waals surface area contributed by atoms with Gasteiger partial charge >= 0.3 is 0 Å². The number of amides is 1. The van der Waals surface area contributed by atoms with E-state index in [4.69, 9.17) is 0 Å². The van der Waals surface area contributed by atoms with E-state index in [1.807, 2.05) is 54.6 Å². The van der Waals surface area contributed by atoms with E-state index in [-0.39, 0.29) is 11.7 Å². The molecule has 3 aromatic rings. The number of rotatable bonds is 3. The highest BCUT2D eigenvalue weighted by Crippen LogP contribution is 2.28. The number of ketones is 1. The van der Waals surface area contributed by atoms with Gasteiger partial charge in [-0.15, -0.1) is 0 Å². The summed E-state index contributed by atoms with van der Waals surface area (Å²) < 4.78 is 0. The van der Waals surface area contributed by atoms with Crippen molar-refractivity contribution in [2.45, 2.75) is 6.92 Å².